The fourth-order valence-corrected chi connectivity index (χ4v) is 4.06. The van der Waals surface area contributed by atoms with Crippen molar-refractivity contribution in [2.45, 2.75) is 4.90 Å². The van der Waals surface area contributed by atoms with Gasteiger partial charge in [-0.25, -0.2) is 4.39 Å². The fraction of sp³-hybridized carbons (Fsp3) is 0.0455. The molecule has 6 nitrogen and oxygen atoms in total. The van der Waals surface area contributed by atoms with E-state index < -0.39 is 21.7 Å². The van der Waals surface area contributed by atoms with Gasteiger partial charge in [0.1, 0.15) is 28.0 Å². The molecule has 0 bridgehead atoms. The van der Waals surface area contributed by atoms with E-state index in [2.05, 4.69) is 0 Å². The second-order valence-corrected chi connectivity index (χ2v) is 8.40. The lowest BCUT2D eigenvalue weighted by molar-refractivity contribution is 0.101. The molecule has 31 heavy (non-hydrogen) atoms. The van der Waals surface area contributed by atoms with Gasteiger partial charge in [0, 0.05) is 11.6 Å². The number of carbonyl (C=O) groups excluding carboxylic acids is 1. The first-order valence-corrected chi connectivity index (χ1v) is 10.7. The van der Waals surface area contributed by atoms with Crippen LogP contribution in [0.2, 0.25) is 5.02 Å². The third kappa shape index (κ3) is 4.12. The number of Topliss-reactive ketones (excluding diaryl/α,β-unsaturated/α-hetero) is 1. The molecule has 0 N–H and O–H groups in total. The second kappa shape index (κ2) is 8.05. The monoisotopic (exact) mass is 460 g/mol. The van der Waals surface area contributed by atoms with Crippen molar-refractivity contribution in [3.05, 3.63) is 88.4 Å². The Hall–Kier alpha value is -3.36. The average Bonchev–Trinajstić information content (AvgIpc) is 3.05. The zero-order chi connectivity index (χ0) is 22.2. The lowest BCUT2D eigenvalue weighted by atomic mass is 10.1. The van der Waals surface area contributed by atoms with Gasteiger partial charge in [0.15, 0.2) is 5.76 Å². The van der Waals surface area contributed by atoms with Crippen LogP contribution < -0.4 is 13.7 Å². The van der Waals surface area contributed by atoms with Gasteiger partial charge in [-0.15, -0.1) is 0 Å². The van der Waals surface area contributed by atoms with E-state index in [1.807, 2.05) is 0 Å². The van der Waals surface area contributed by atoms with Crippen molar-refractivity contribution in [2.75, 3.05) is 7.11 Å². The first kappa shape index (κ1) is 20.9. The van der Waals surface area contributed by atoms with Crippen LogP contribution in [-0.4, -0.2) is 21.3 Å². The molecule has 0 saturated carbocycles. The molecule has 3 aromatic carbocycles. The highest BCUT2D eigenvalue weighted by Gasteiger charge is 2.29. The van der Waals surface area contributed by atoms with E-state index in [9.17, 15) is 17.6 Å². The van der Waals surface area contributed by atoms with Crippen LogP contribution in [0.1, 0.15) is 15.9 Å². The Balaban J connectivity index is 1.60. The maximum Gasteiger partial charge on any atom is 0.339 e. The summed E-state index contributed by atoms with van der Waals surface area (Å²) in [7, 11) is -2.65. The summed E-state index contributed by atoms with van der Waals surface area (Å²) in [5, 5.41) is 0.120. The number of allylic oxidation sites excluding steroid dienone is 1. The minimum absolute atomic E-state index is 0.0129. The first-order chi connectivity index (χ1) is 14.8. The normalized spacial score (nSPS) is 14.3. The van der Waals surface area contributed by atoms with Gasteiger partial charge < -0.3 is 13.7 Å². The molecular weight excluding hydrogens is 447 g/mol. The highest BCUT2D eigenvalue weighted by atomic mass is 35.5. The Morgan fingerprint density at radius 1 is 1.03 bits per heavy atom. The van der Waals surface area contributed by atoms with Crippen LogP contribution in [0.4, 0.5) is 4.39 Å². The molecule has 0 unspecified atom stereocenters. The van der Waals surface area contributed by atoms with Crippen LogP contribution in [-0.2, 0) is 10.1 Å². The Bertz CT molecular complexity index is 1300. The fourth-order valence-electron chi connectivity index (χ4n) is 2.92. The number of ether oxygens (including phenoxy) is 2. The molecule has 0 saturated heterocycles. The summed E-state index contributed by atoms with van der Waals surface area (Å²) >= 11 is 6.00. The molecule has 0 aromatic heterocycles. The van der Waals surface area contributed by atoms with Gasteiger partial charge in [-0.2, -0.15) is 8.42 Å². The van der Waals surface area contributed by atoms with Crippen molar-refractivity contribution in [1.82, 2.24) is 0 Å². The van der Waals surface area contributed by atoms with Gasteiger partial charge in [0.2, 0.25) is 5.78 Å². The van der Waals surface area contributed by atoms with Crippen LogP contribution in [0.5, 0.6) is 17.2 Å². The van der Waals surface area contributed by atoms with Crippen LogP contribution in [0, 0.1) is 5.82 Å². The number of carbonyl (C=O) groups is 1. The van der Waals surface area contributed by atoms with Gasteiger partial charge in [0.25, 0.3) is 0 Å². The van der Waals surface area contributed by atoms with E-state index in [1.54, 1.807) is 0 Å². The average molecular weight is 461 g/mol. The molecule has 0 aliphatic carbocycles. The predicted octanol–water partition coefficient (Wildman–Crippen LogP) is 4.87. The van der Waals surface area contributed by atoms with E-state index in [0.29, 0.717) is 5.75 Å². The molecule has 0 amide bonds. The van der Waals surface area contributed by atoms with E-state index in [-0.39, 0.29) is 38.3 Å². The molecule has 0 atom stereocenters. The third-order valence-corrected chi connectivity index (χ3v) is 6.06. The van der Waals surface area contributed by atoms with E-state index in [1.165, 1.54) is 73.8 Å². The Morgan fingerprint density at radius 3 is 2.42 bits per heavy atom. The Labute approximate surface area is 182 Å². The maximum atomic E-state index is 14.0. The van der Waals surface area contributed by atoms with Gasteiger partial charge in [0.05, 0.1) is 17.7 Å². The molecule has 9 heteroatoms. The van der Waals surface area contributed by atoms with Gasteiger partial charge in [-0.3, -0.25) is 4.79 Å². The zero-order valence-electron chi connectivity index (χ0n) is 16.0. The minimum atomic E-state index is -4.12. The highest BCUT2D eigenvalue weighted by molar-refractivity contribution is 7.87. The number of benzene rings is 3. The summed E-state index contributed by atoms with van der Waals surface area (Å²) in [5.74, 6) is -0.700. The second-order valence-electron chi connectivity index (χ2n) is 6.45. The minimum Gasteiger partial charge on any atom is -0.497 e. The Kier molecular flexibility index (Phi) is 5.43. The van der Waals surface area contributed by atoms with Gasteiger partial charge >= 0.3 is 10.1 Å². The molecule has 1 heterocycles. The van der Waals surface area contributed by atoms with E-state index in [0.717, 1.165) is 0 Å². The standard InChI is InChI=1S/C22H14ClFO6S/c1-28-13-5-8-15(9-6-13)31(26,27)30-14-7-10-16-20(11-14)29-21(22(16)25)12-17-18(23)3-2-4-19(17)24/h2-12H,1H3/b21-12-. The smallest absolute Gasteiger partial charge is 0.339 e. The van der Waals surface area contributed by atoms with Crippen molar-refractivity contribution in [3.8, 4) is 17.2 Å². The van der Waals surface area contributed by atoms with Gasteiger partial charge in [-0.1, -0.05) is 17.7 Å². The molecule has 1 aliphatic rings. The molecule has 0 radical (unpaired) electrons. The molecular formula is C22H14ClFO6S. The van der Waals surface area contributed by atoms with Crippen LogP contribution in [0.25, 0.3) is 6.08 Å². The third-order valence-electron chi connectivity index (χ3n) is 4.47. The number of halogens is 2. The van der Waals surface area contributed by atoms with E-state index >= 15 is 0 Å². The van der Waals surface area contributed by atoms with Crippen molar-refractivity contribution in [3.63, 3.8) is 0 Å². The summed E-state index contributed by atoms with van der Waals surface area (Å²) in [4.78, 5) is 12.5. The number of fused-ring (bicyclic) bond motifs is 1. The van der Waals surface area contributed by atoms with Crippen molar-refractivity contribution < 1.29 is 31.3 Å². The lowest BCUT2D eigenvalue weighted by Crippen LogP contribution is -2.09. The van der Waals surface area contributed by atoms with Crippen molar-refractivity contribution in [2.24, 2.45) is 0 Å². The number of methoxy groups -OCH3 is 1. The molecule has 0 fully saturated rings. The first-order valence-electron chi connectivity index (χ1n) is 8.89. The number of rotatable bonds is 5. The largest absolute Gasteiger partial charge is 0.497 e. The Morgan fingerprint density at radius 2 is 1.74 bits per heavy atom. The zero-order valence-corrected chi connectivity index (χ0v) is 17.5. The number of ketones is 1. The lowest BCUT2D eigenvalue weighted by Gasteiger charge is -2.08. The number of hydrogen-bond donors (Lipinski definition) is 0. The quantitative estimate of drug-likeness (QED) is 0.399. The van der Waals surface area contributed by atoms with E-state index in [4.69, 9.17) is 25.3 Å². The highest BCUT2D eigenvalue weighted by Crippen LogP contribution is 2.36. The number of hydrogen-bond acceptors (Lipinski definition) is 6. The maximum absolute atomic E-state index is 14.0. The van der Waals surface area contributed by atoms with Crippen LogP contribution in [0.15, 0.2) is 71.3 Å². The summed E-state index contributed by atoms with van der Waals surface area (Å²) in [6.45, 7) is 0. The van der Waals surface area contributed by atoms with Crippen molar-refractivity contribution in [1.29, 1.82) is 0 Å². The van der Waals surface area contributed by atoms with Crippen LogP contribution in [0.3, 0.4) is 0 Å². The summed E-state index contributed by atoms with van der Waals surface area (Å²) < 4.78 is 54.7. The van der Waals surface area contributed by atoms with Crippen molar-refractivity contribution >= 4 is 33.6 Å². The molecule has 0 spiro atoms. The topological polar surface area (TPSA) is 78.9 Å². The van der Waals surface area contributed by atoms with Gasteiger partial charge in [-0.05, 0) is 54.6 Å². The molecule has 158 valence electrons. The summed E-state index contributed by atoms with van der Waals surface area (Å²) in [6.07, 6.45) is 1.20. The summed E-state index contributed by atoms with van der Waals surface area (Å²) in [5.41, 5.74) is 0.201. The predicted molar refractivity (Wildman–Crippen MR) is 112 cm³/mol. The molecule has 3 aromatic rings. The summed E-state index contributed by atoms with van der Waals surface area (Å²) in [6, 6.07) is 13.8. The SMILES string of the molecule is COc1ccc(S(=O)(=O)Oc2ccc3c(c2)O/C(=C\c2c(F)cccc2Cl)C3=O)cc1. The molecule has 4 rings (SSSR count). The van der Waals surface area contributed by atoms with Crippen LogP contribution >= 0.6 is 11.6 Å². The molecule has 1 aliphatic heterocycles.